The summed E-state index contributed by atoms with van der Waals surface area (Å²) < 4.78 is 4.86. The Labute approximate surface area is 402 Å². The molecule has 0 aliphatic heterocycles. The van der Waals surface area contributed by atoms with E-state index in [1.54, 1.807) is 0 Å². The maximum Gasteiger partial charge on any atom is 0.0702 e. The number of hydrogen-bond donors (Lipinski definition) is 0. The highest BCUT2D eigenvalue weighted by atomic mass is 15.0. The molecule has 0 saturated heterocycles. The number of nitrogens with zero attached hydrogens (tertiary/aromatic N) is 2. The maximum absolute atomic E-state index is 2.48. The van der Waals surface area contributed by atoms with E-state index in [4.69, 9.17) is 0 Å². The fourth-order valence-corrected chi connectivity index (χ4v) is 11.1. The van der Waals surface area contributed by atoms with Crippen LogP contribution in [-0.4, -0.2) is 9.13 Å². The molecule has 0 radical (unpaired) electrons. The van der Waals surface area contributed by atoms with E-state index in [1.807, 2.05) is 0 Å². The number of para-hydroxylation sites is 2. The monoisotopic (exact) mass is 878 g/mol. The molecule has 2 heterocycles. The van der Waals surface area contributed by atoms with Gasteiger partial charge >= 0.3 is 0 Å². The second kappa shape index (κ2) is 16.7. The van der Waals surface area contributed by atoms with Crippen molar-refractivity contribution in [2.75, 3.05) is 0 Å². The van der Waals surface area contributed by atoms with Crippen LogP contribution in [0.25, 0.3) is 88.4 Å². The summed E-state index contributed by atoms with van der Waals surface area (Å²) in [6.45, 7) is 0. The number of rotatable bonds is 9. The van der Waals surface area contributed by atoms with Crippen LogP contribution in [0.1, 0.15) is 22.3 Å². The Morgan fingerprint density at radius 2 is 0.594 bits per heavy atom. The first-order chi connectivity index (χ1) is 34.2. The molecule has 69 heavy (non-hydrogen) atoms. The van der Waals surface area contributed by atoms with E-state index in [0.29, 0.717) is 0 Å². The Kier molecular flexibility index (Phi) is 9.77. The second-order valence-corrected chi connectivity index (χ2v) is 18.1. The molecule has 0 aliphatic rings. The van der Waals surface area contributed by atoms with Crippen molar-refractivity contribution >= 4 is 43.6 Å². The zero-order valence-electron chi connectivity index (χ0n) is 38.0. The van der Waals surface area contributed by atoms with Crippen molar-refractivity contribution in [2.24, 2.45) is 0 Å². The molecular formula is C67H46N2. The molecule has 0 atom stereocenters. The zero-order valence-corrected chi connectivity index (χ0v) is 38.0. The molecule has 0 N–H and O–H groups in total. The number of benzene rings is 11. The van der Waals surface area contributed by atoms with Crippen LogP contribution in [0.3, 0.4) is 0 Å². The van der Waals surface area contributed by atoms with Crippen LogP contribution < -0.4 is 0 Å². The van der Waals surface area contributed by atoms with Gasteiger partial charge in [0.05, 0.1) is 27.5 Å². The van der Waals surface area contributed by atoms with Crippen LogP contribution in [-0.2, 0) is 5.41 Å². The lowest BCUT2D eigenvalue weighted by molar-refractivity contribution is 0.746. The highest BCUT2D eigenvalue weighted by Gasteiger charge is 2.38. The van der Waals surface area contributed by atoms with Gasteiger partial charge in [-0.2, -0.15) is 0 Å². The lowest BCUT2D eigenvalue weighted by Crippen LogP contribution is -2.31. The summed E-state index contributed by atoms with van der Waals surface area (Å²) in [7, 11) is 0. The van der Waals surface area contributed by atoms with Crippen LogP contribution in [0.2, 0.25) is 0 Å². The van der Waals surface area contributed by atoms with Crippen molar-refractivity contribution in [3.8, 4) is 44.8 Å². The van der Waals surface area contributed by atoms with Crippen molar-refractivity contribution < 1.29 is 0 Å². The number of aromatic nitrogens is 2. The minimum Gasteiger partial charge on any atom is -0.309 e. The second-order valence-electron chi connectivity index (χ2n) is 18.1. The average molecular weight is 879 g/mol. The molecule has 2 heteroatoms. The van der Waals surface area contributed by atoms with E-state index in [2.05, 4.69) is 288 Å². The molecule has 0 aliphatic carbocycles. The van der Waals surface area contributed by atoms with Crippen molar-refractivity contribution in [1.29, 1.82) is 0 Å². The van der Waals surface area contributed by atoms with E-state index < -0.39 is 5.41 Å². The van der Waals surface area contributed by atoms with E-state index in [1.165, 1.54) is 88.2 Å². The first-order valence-corrected chi connectivity index (χ1v) is 23.8. The van der Waals surface area contributed by atoms with Gasteiger partial charge in [0.15, 0.2) is 0 Å². The topological polar surface area (TPSA) is 9.86 Å². The van der Waals surface area contributed by atoms with Crippen molar-refractivity contribution in [3.05, 3.63) is 301 Å². The van der Waals surface area contributed by atoms with Crippen LogP contribution in [0.5, 0.6) is 0 Å². The molecule has 2 aromatic heterocycles. The molecule has 0 saturated carbocycles. The van der Waals surface area contributed by atoms with E-state index in [-0.39, 0.29) is 0 Å². The van der Waals surface area contributed by atoms with Crippen molar-refractivity contribution in [2.45, 2.75) is 5.41 Å². The highest BCUT2D eigenvalue weighted by molar-refractivity contribution is 6.13. The maximum atomic E-state index is 2.48. The minimum atomic E-state index is -0.591. The lowest BCUT2D eigenvalue weighted by atomic mass is 9.65. The molecule has 0 spiro atoms. The van der Waals surface area contributed by atoms with E-state index in [0.717, 1.165) is 22.4 Å². The third kappa shape index (κ3) is 6.72. The summed E-state index contributed by atoms with van der Waals surface area (Å²) in [5.41, 5.74) is 18.5. The van der Waals surface area contributed by atoms with Gasteiger partial charge < -0.3 is 9.13 Å². The standard InChI is InChI=1S/C67H46N2/c1-6-19-47(20-7-1)49-21-18-22-50(43-49)48-33-38-58(39-34-48)69-65-42-36-52(51-35-41-64-61(44-51)59-31-16-17-32-63(59)68(64)57-29-14-5-15-30-57)45-62(65)60-40-37-56(46-66(60)69)67(53-23-8-2-9-24-53,54-25-10-3-11-26-54)55-27-12-4-13-28-55/h1-46H. The molecule has 13 aromatic rings. The van der Waals surface area contributed by atoms with Crippen LogP contribution >= 0.6 is 0 Å². The van der Waals surface area contributed by atoms with Crippen LogP contribution in [0.15, 0.2) is 279 Å². The number of hydrogen-bond acceptors (Lipinski definition) is 0. The summed E-state index contributed by atoms with van der Waals surface area (Å²) >= 11 is 0. The predicted molar refractivity (Wildman–Crippen MR) is 290 cm³/mol. The Balaban J connectivity index is 1.03. The smallest absolute Gasteiger partial charge is 0.0702 e. The molecule has 0 unspecified atom stereocenters. The Bertz CT molecular complexity index is 3870. The molecule has 0 fully saturated rings. The Hall–Kier alpha value is -8.98. The molecular weight excluding hydrogens is 833 g/mol. The summed E-state index contributed by atoms with van der Waals surface area (Å²) in [6, 6.07) is 102. The average Bonchev–Trinajstić information content (AvgIpc) is 3.94. The molecule has 13 rings (SSSR count). The fraction of sp³-hybridized carbons (Fsp3) is 0.0149. The summed E-state index contributed by atoms with van der Waals surface area (Å²) in [4.78, 5) is 0. The molecule has 0 bridgehead atoms. The first-order valence-electron chi connectivity index (χ1n) is 23.8. The van der Waals surface area contributed by atoms with Crippen LogP contribution in [0, 0.1) is 0 Å². The van der Waals surface area contributed by atoms with Crippen molar-refractivity contribution in [3.63, 3.8) is 0 Å². The highest BCUT2D eigenvalue weighted by Crippen LogP contribution is 2.47. The predicted octanol–water partition coefficient (Wildman–Crippen LogP) is 17.3. The minimum absolute atomic E-state index is 0.591. The van der Waals surface area contributed by atoms with E-state index in [9.17, 15) is 0 Å². The Morgan fingerprint density at radius 3 is 1.16 bits per heavy atom. The van der Waals surface area contributed by atoms with Crippen molar-refractivity contribution in [1.82, 2.24) is 9.13 Å². The van der Waals surface area contributed by atoms with Crippen LogP contribution in [0.4, 0.5) is 0 Å². The fourth-order valence-electron chi connectivity index (χ4n) is 11.1. The quantitative estimate of drug-likeness (QED) is 0.128. The summed E-state index contributed by atoms with van der Waals surface area (Å²) in [5.74, 6) is 0. The first kappa shape index (κ1) is 40.3. The van der Waals surface area contributed by atoms with Gasteiger partial charge in [-0.25, -0.2) is 0 Å². The zero-order chi connectivity index (χ0) is 45.7. The SMILES string of the molecule is c1ccc(-c2cccc(-c3ccc(-n4c5ccc(-c6ccc7c(c6)c6ccccc6n7-c6ccccc6)cc5c5ccc(C(c6ccccc6)(c6ccccc6)c6ccccc6)cc54)cc3)c2)cc1. The van der Waals surface area contributed by atoms with Gasteiger partial charge in [-0.1, -0.05) is 212 Å². The molecule has 324 valence electrons. The van der Waals surface area contributed by atoms with Gasteiger partial charge in [0.25, 0.3) is 0 Å². The largest absolute Gasteiger partial charge is 0.309 e. The van der Waals surface area contributed by atoms with Gasteiger partial charge in [0, 0.05) is 32.9 Å². The van der Waals surface area contributed by atoms with Gasteiger partial charge in [-0.05, 0) is 122 Å². The van der Waals surface area contributed by atoms with Gasteiger partial charge in [0.1, 0.15) is 0 Å². The lowest BCUT2D eigenvalue weighted by Gasteiger charge is -2.37. The van der Waals surface area contributed by atoms with Gasteiger partial charge in [-0.3, -0.25) is 0 Å². The summed E-state index contributed by atoms with van der Waals surface area (Å²) in [5, 5.41) is 4.91. The Morgan fingerprint density at radius 1 is 0.203 bits per heavy atom. The molecule has 11 aromatic carbocycles. The normalized spacial score (nSPS) is 11.8. The van der Waals surface area contributed by atoms with Gasteiger partial charge in [-0.15, -0.1) is 0 Å². The van der Waals surface area contributed by atoms with Gasteiger partial charge in [0.2, 0.25) is 0 Å². The third-order valence-corrected chi connectivity index (χ3v) is 14.3. The third-order valence-electron chi connectivity index (χ3n) is 14.3. The number of fused-ring (bicyclic) bond motifs is 6. The molecule has 2 nitrogen and oxygen atoms in total. The molecule has 0 amide bonds. The summed E-state index contributed by atoms with van der Waals surface area (Å²) in [6.07, 6.45) is 0. The van der Waals surface area contributed by atoms with E-state index >= 15 is 0 Å².